The monoisotopic (exact) mass is 345 g/mol. The van der Waals surface area contributed by atoms with E-state index < -0.39 is 0 Å². The van der Waals surface area contributed by atoms with Crippen LogP contribution in [0.1, 0.15) is 37.7 Å². The van der Waals surface area contributed by atoms with Crippen LogP contribution in [-0.2, 0) is 20.8 Å². The van der Waals surface area contributed by atoms with Gasteiger partial charge in [0.25, 0.3) is 0 Å². The lowest BCUT2D eigenvalue weighted by atomic mass is 9.97. The van der Waals surface area contributed by atoms with E-state index in [1.54, 1.807) is 14.2 Å². The summed E-state index contributed by atoms with van der Waals surface area (Å²) in [7, 11) is 3.33. The van der Waals surface area contributed by atoms with Gasteiger partial charge >= 0.3 is 6.09 Å². The molecule has 0 spiro atoms. The maximum Gasteiger partial charge on any atom is 0.410 e. The summed E-state index contributed by atoms with van der Waals surface area (Å²) in [6.45, 7) is 0.329. The van der Waals surface area contributed by atoms with Crippen molar-refractivity contribution in [2.45, 2.75) is 57.1 Å². The van der Waals surface area contributed by atoms with Crippen molar-refractivity contribution < 1.29 is 19.0 Å². The standard InChI is InChI=1S/C20H27NO4/c1-23-19(24-2)11-8-16-12-17-9-10-18(13-16)21(17)20(22)25-14-15-6-4-3-5-7-15/h3-7,12,17-19H,8-11,13-14H2,1-2H3. The van der Waals surface area contributed by atoms with Crippen LogP contribution < -0.4 is 0 Å². The molecule has 0 saturated carbocycles. The zero-order chi connectivity index (χ0) is 17.6. The van der Waals surface area contributed by atoms with E-state index in [0.29, 0.717) is 6.61 Å². The lowest BCUT2D eigenvalue weighted by molar-refractivity contribution is -0.105. The van der Waals surface area contributed by atoms with Gasteiger partial charge in [0.15, 0.2) is 6.29 Å². The molecule has 0 aliphatic carbocycles. The number of methoxy groups -OCH3 is 2. The number of fused-ring (bicyclic) bond motifs is 2. The summed E-state index contributed by atoms with van der Waals surface area (Å²) < 4.78 is 16.1. The van der Waals surface area contributed by atoms with Crippen LogP contribution in [0.15, 0.2) is 42.0 Å². The summed E-state index contributed by atoms with van der Waals surface area (Å²) >= 11 is 0. The van der Waals surface area contributed by atoms with Crippen LogP contribution >= 0.6 is 0 Å². The van der Waals surface area contributed by atoms with E-state index in [1.807, 2.05) is 35.2 Å². The van der Waals surface area contributed by atoms with Crippen LogP contribution in [-0.4, -0.2) is 43.6 Å². The molecule has 3 rings (SSSR count). The Hall–Kier alpha value is -1.85. The van der Waals surface area contributed by atoms with Crippen LogP contribution in [0, 0.1) is 0 Å². The largest absolute Gasteiger partial charge is 0.445 e. The van der Waals surface area contributed by atoms with Gasteiger partial charge in [-0.3, -0.25) is 4.90 Å². The second kappa shape index (κ2) is 8.50. The van der Waals surface area contributed by atoms with Gasteiger partial charge in [-0.05, 0) is 31.2 Å². The summed E-state index contributed by atoms with van der Waals surface area (Å²) in [6, 6.07) is 10.2. The first-order valence-electron chi connectivity index (χ1n) is 8.95. The fourth-order valence-corrected chi connectivity index (χ4v) is 3.82. The molecule has 0 N–H and O–H groups in total. The molecular formula is C20H27NO4. The highest BCUT2D eigenvalue weighted by Crippen LogP contribution is 2.37. The van der Waals surface area contributed by atoms with E-state index in [9.17, 15) is 4.79 Å². The van der Waals surface area contributed by atoms with Gasteiger partial charge in [0.2, 0.25) is 0 Å². The molecule has 136 valence electrons. The van der Waals surface area contributed by atoms with Gasteiger partial charge in [-0.2, -0.15) is 0 Å². The van der Waals surface area contributed by atoms with Gasteiger partial charge in [0, 0.05) is 26.7 Å². The minimum atomic E-state index is -0.196. The Morgan fingerprint density at radius 1 is 1.20 bits per heavy atom. The van der Waals surface area contributed by atoms with Crippen LogP contribution in [0.3, 0.4) is 0 Å². The number of hydrogen-bond donors (Lipinski definition) is 0. The van der Waals surface area contributed by atoms with E-state index in [2.05, 4.69) is 6.08 Å². The fraction of sp³-hybridized carbons (Fsp3) is 0.550. The van der Waals surface area contributed by atoms with Gasteiger partial charge < -0.3 is 14.2 Å². The van der Waals surface area contributed by atoms with E-state index in [0.717, 1.165) is 37.7 Å². The van der Waals surface area contributed by atoms with Crippen LogP contribution in [0.2, 0.25) is 0 Å². The molecule has 5 nitrogen and oxygen atoms in total. The summed E-state index contributed by atoms with van der Waals surface area (Å²) in [4.78, 5) is 14.5. The van der Waals surface area contributed by atoms with Gasteiger partial charge in [0.05, 0.1) is 6.04 Å². The topological polar surface area (TPSA) is 48.0 Å². The molecule has 0 aromatic heterocycles. The molecule has 2 heterocycles. The first-order valence-corrected chi connectivity index (χ1v) is 8.95. The van der Waals surface area contributed by atoms with Crippen molar-refractivity contribution in [3.8, 4) is 0 Å². The molecule has 0 radical (unpaired) electrons. The SMILES string of the molecule is COC(CCC1=CC2CCC(C1)N2C(=O)OCc1ccccc1)OC. The molecule has 1 aromatic carbocycles. The summed E-state index contributed by atoms with van der Waals surface area (Å²) in [6.07, 6.45) is 6.68. The number of amides is 1. The predicted octanol–water partition coefficient (Wildman–Crippen LogP) is 3.89. The number of nitrogens with zero attached hydrogens (tertiary/aromatic N) is 1. The third kappa shape index (κ3) is 4.41. The number of benzene rings is 1. The highest BCUT2D eigenvalue weighted by Gasteiger charge is 2.40. The molecule has 2 aliphatic heterocycles. The maximum atomic E-state index is 12.5. The Bertz CT molecular complexity index is 597. The molecule has 1 amide bonds. The quantitative estimate of drug-likeness (QED) is 0.556. The second-order valence-electron chi connectivity index (χ2n) is 6.71. The predicted molar refractivity (Wildman–Crippen MR) is 95.0 cm³/mol. The Kier molecular flexibility index (Phi) is 6.10. The highest BCUT2D eigenvalue weighted by atomic mass is 16.7. The number of ether oxygens (including phenoxy) is 3. The van der Waals surface area contributed by atoms with Gasteiger partial charge in [0.1, 0.15) is 6.61 Å². The van der Waals surface area contributed by atoms with Gasteiger partial charge in [-0.1, -0.05) is 42.0 Å². The minimum absolute atomic E-state index is 0.160. The van der Waals surface area contributed by atoms with E-state index in [4.69, 9.17) is 14.2 Å². The van der Waals surface area contributed by atoms with Crippen molar-refractivity contribution in [1.29, 1.82) is 0 Å². The second-order valence-corrected chi connectivity index (χ2v) is 6.71. The Balaban J connectivity index is 1.55. The molecule has 1 aromatic rings. The summed E-state index contributed by atoms with van der Waals surface area (Å²) in [5.74, 6) is 0. The van der Waals surface area contributed by atoms with Crippen molar-refractivity contribution in [3.63, 3.8) is 0 Å². The smallest absolute Gasteiger partial charge is 0.410 e. The van der Waals surface area contributed by atoms with Crippen LogP contribution in [0.4, 0.5) is 4.79 Å². The molecule has 1 fully saturated rings. The lowest BCUT2D eigenvalue weighted by Crippen LogP contribution is -2.43. The highest BCUT2D eigenvalue weighted by molar-refractivity contribution is 5.70. The number of rotatable bonds is 7. The molecule has 5 heteroatoms. The molecular weight excluding hydrogens is 318 g/mol. The first-order chi connectivity index (χ1) is 12.2. The van der Waals surface area contributed by atoms with E-state index in [1.165, 1.54) is 5.57 Å². The lowest BCUT2D eigenvalue weighted by Gasteiger charge is -2.33. The third-order valence-electron chi connectivity index (χ3n) is 5.12. The normalized spacial score (nSPS) is 22.2. The van der Waals surface area contributed by atoms with Crippen molar-refractivity contribution in [3.05, 3.63) is 47.5 Å². The van der Waals surface area contributed by atoms with Gasteiger partial charge in [-0.25, -0.2) is 4.79 Å². The number of carbonyl (C=O) groups excluding carboxylic acids is 1. The fourth-order valence-electron chi connectivity index (χ4n) is 3.82. The zero-order valence-corrected chi connectivity index (χ0v) is 15.0. The molecule has 2 aliphatic rings. The first kappa shape index (κ1) is 18.0. The van der Waals surface area contributed by atoms with E-state index >= 15 is 0 Å². The third-order valence-corrected chi connectivity index (χ3v) is 5.12. The molecule has 25 heavy (non-hydrogen) atoms. The van der Waals surface area contributed by atoms with Gasteiger partial charge in [-0.15, -0.1) is 0 Å². The molecule has 1 saturated heterocycles. The van der Waals surface area contributed by atoms with Crippen molar-refractivity contribution in [2.75, 3.05) is 14.2 Å². The molecule has 2 unspecified atom stereocenters. The average molecular weight is 345 g/mol. The molecule has 2 bridgehead atoms. The summed E-state index contributed by atoms with van der Waals surface area (Å²) in [5.41, 5.74) is 2.42. The Morgan fingerprint density at radius 3 is 2.64 bits per heavy atom. The average Bonchev–Trinajstić information content (AvgIpc) is 2.92. The Labute approximate surface area is 149 Å². The zero-order valence-electron chi connectivity index (χ0n) is 15.0. The summed E-state index contributed by atoms with van der Waals surface area (Å²) in [5, 5.41) is 0. The van der Waals surface area contributed by atoms with Crippen molar-refractivity contribution in [1.82, 2.24) is 4.90 Å². The molecule has 2 atom stereocenters. The van der Waals surface area contributed by atoms with Crippen LogP contribution in [0.5, 0.6) is 0 Å². The maximum absolute atomic E-state index is 12.5. The Morgan fingerprint density at radius 2 is 1.96 bits per heavy atom. The van der Waals surface area contributed by atoms with Crippen molar-refractivity contribution >= 4 is 6.09 Å². The van der Waals surface area contributed by atoms with E-state index in [-0.39, 0.29) is 24.5 Å². The van der Waals surface area contributed by atoms with Crippen molar-refractivity contribution in [2.24, 2.45) is 0 Å². The number of hydrogen-bond acceptors (Lipinski definition) is 4. The number of carbonyl (C=O) groups is 1. The minimum Gasteiger partial charge on any atom is -0.445 e. The van der Waals surface area contributed by atoms with Crippen LogP contribution in [0.25, 0.3) is 0 Å².